The molecule has 3 heterocycles. The first-order chi connectivity index (χ1) is 13.9. The van der Waals surface area contributed by atoms with E-state index >= 15 is 0 Å². The molecule has 1 aliphatic carbocycles. The lowest BCUT2D eigenvalue weighted by Crippen LogP contribution is -2.51. The number of anilines is 1. The van der Waals surface area contributed by atoms with Crippen molar-refractivity contribution in [2.24, 2.45) is 0 Å². The molecule has 160 valence electrons. The Kier molecular flexibility index (Phi) is 5.92. The fraction of sp³-hybridized carbons (Fsp3) is 0.762. The molecule has 8 heteroatoms. The number of aromatic nitrogens is 2. The number of nitrogens with zero attached hydrogens (tertiary/aromatic N) is 2. The second kappa shape index (κ2) is 8.44. The van der Waals surface area contributed by atoms with Gasteiger partial charge in [0.05, 0.1) is 31.0 Å². The van der Waals surface area contributed by atoms with Crippen LogP contribution in [-0.4, -0.2) is 59.5 Å². The third-order valence-electron chi connectivity index (χ3n) is 6.05. The number of hydrogen-bond acceptors (Lipinski definition) is 6. The fourth-order valence-electron chi connectivity index (χ4n) is 4.40. The van der Waals surface area contributed by atoms with Gasteiger partial charge in [-0.05, 0) is 18.9 Å². The van der Waals surface area contributed by atoms with E-state index < -0.39 is 0 Å². The van der Waals surface area contributed by atoms with Gasteiger partial charge in [0, 0.05) is 17.7 Å². The first-order valence-corrected chi connectivity index (χ1v) is 10.8. The van der Waals surface area contributed by atoms with Crippen molar-refractivity contribution in [3.63, 3.8) is 0 Å². The molecule has 4 rings (SSSR count). The number of fused-ring (bicyclic) bond motifs is 1. The van der Waals surface area contributed by atoms with E-state index in [-0.39, 0.29) is 41.8 Å². The Morgan fingerprint density at radius 1 is 1.03 bits per heavy atom. The van der Waals surface area contributed by atoms with Crippen molar-refractivity contribution < 1.29 is 14.3 Å². The first kappa shape index (κ1) is 20.3. The molecule has 0 aromatic carbocycles. The average Bonchev–Trinajstić information content (AvgIpc) is 3.26. The van der Waals surface area contributed by atoms with Gasteiger partial charge >= 0.3 is 6.03 Å². The molecule has 0 radical (unpaired) electrons. The lowest BCUT2D eigenvalue weighted by molar-refractivity contribution is 0.0681. The van der Waals surface area contributed by atoms with Crippen LogP contribution >= 0.6 is 0 Å². The van der Waals surface area contributed by atoms with Crippen LogP contribution in [0.25, 0.3) is 0 Å². The molecule has 8 nitrogen and oxygen atoms in total. The summed E-state index contributed by atoms with van der Waals surface area (Å²) in [6, 6.07) is 1.93. The Morgan fingerprint density at radius 3 is 2.45 bits per heavy atom. The van der Waals surface area contributed by atoms with Crippen molar-refractivity contribution in [3.8, 4) is 0 Å². The smallest absolute Gasteiger partial charge is 0.315 e. The van der Waals surface area contributed by atoms with Gasteiger partial charge < -0.3 is 25.4 Å². The molecule has 0 spiro atoms. The predicted octanol–water partition coefficient (Wildman–Crippen LogP) is 2.35. The monoisotopic (exact) mass is 403 g/mol. The molecule has 1 aromatic heterocycles. The van der Waals surface area contributed by atoms with Crippen molar-refractivity contribution in [1.82, 2.24) is 20.6 Å². The van der Waals surface area contributed by atoms with Crippen molar-refractivity contribution in [3.05, 3.63) is 18.0 Å². The minimum Gasteiger partial charge on any atom is -0.371 e. The van der Waals surface area contributed by atoms with E-state index in [2.05, 4.69) is 46.7 Å². The summed E-state index contributed by atoms with van der Waals surface area (Å²) in [5.41, 5.74) is 0.940. The van der Waals surface area contributed by atoms with E-state index in [9.17, 15) is 4.79 Å². The number of hydrogen-bond donors (Lipinski definition) is 3. The standard InChI is InChI=1S/C21H33N5O3/c1-21(2,3)16-9-10-22-19(26-16)24-14-11-28-18-15(12-29-17(14)18)25-20(27)23-13-7-5-4-6-8-13/h9-10,13-15,17-18H,4-8,11-12H2,1-3H3,(H,22,24,26)(H2,23,25,27)/t14-,15+,17-,18+/m1/s1. The van der Waals surface area contributed by atoms with Crippen molar-refractivity contribution in [2.45, 2.75) is 88.6 Å². The topological polar surface area (TPSA) is 97.4 Å². The Balaban J connectivity index is 1.31. The molecule has 2 saturated heterocycles. The third kappa shape index (κ3) is 4.80. The first-order valence-electron chi connectivity index (χ1n) is 10.8. The molecule has 1 aromatic rings. The summed E-state index contributed by atoms with van der Waals surface area (Å²) < 4.78 is 12.0. The summed E-state index contributed by atoms with van der Waals surface area (Å²) in [4.78, 5) is 21.4. The van der Waals surface area contributed by atoms with Gasteiger partial charge in [-0.25, -0.2) is 14.8 Å². The van der Waals surface area contributed by atoms with Gasteiger partial charge in [0.15, 0.2) is 0 Å². The highest BCUT2D eigenvalue weighted by Crippen LogP contribution is 2.29. The molecule has 3 fully saturated rings. The summed E-state index contributed by atoms with van der Waals surface area (Å²) in [7, 11) is 0. The van der Waals surface area contributed by atoms with E-state index in [0.717, 1.165) is 18.5 Å². The van der Waals surface area contributed by atoms with E-state index in [0.29, 0.717) is 19.2 Å². The summed E-state index contributed by atoms with van der Waals surface area (Å²) >= 11 is 0. The van der Waals surface area contributed by atoms with Gasteiger partial charge in [-0.15, -0.1) is 0 Å². The molecule has 3 aliphatic rings. The lowest BCUT2D eigenvalue weighted by atomic mass is 9.92. The summed E-state index contributed by atoms with van der Waals surface area (Å²) in [6.07, 6.45) is 7.28. The van der Waals surface area contributed by atoms with Crippen LogP contribution in [0.4, 0.5) is 10.7 Å². The highest BCUT2D eigenvalue weighted by atomic mass is 16.6. The number of amides is 2. The number of ether oxygens (including phenoxy) is 2. The van der Waals surface area contributed by atoms with Gasteiger partial charge in [0.1, 0.15) is 12.2 Å². The second-order valence-corrected chi connectivity index (χ2v) is 9.42. The molecule has 0 bridgehead atoms. The molecule has 3 N–H and O–H groups in total. The van der Waals surface area contributed by atoms with Crippen LogP contribution in [0.1, 0.15) is 58.6 Å². The van der Waals surface area contributed by atoms with Crippen LogP contribution in [0.15, 0.2) is 12.3 Å². The minimum absolute atomic E-state index is 0.0385. The van der Waals surface area contributed by atoms with Crippen LogP contribution in [0.2, 0.25) is 0 Å². The van der Waals surface area contributed by atoms with Crippen molar-refractivity contribution >= 4 is 12.0 Å². The van der Waals surface area contributed by atoms with Gasteiger partial charge in [0.25, 0.3) is 0 Å². The summed E-state index contributed by atoms with van der Waals surface area (Å²) in [6.45, 7) is 7.34. The Bertz CT molecular complexity index is 717. The van der Waals surface area contributed by atoms with E-state index in [1.54, 1.807) is 6.20 Å². The van der Waals surface area contributed by atoms with Crippen molar-refractivity contribution in [2.75, 3.05) is 18.5 Å². The molecular formula is C21H33N5O3. The van der Waals surface area contributed by atoms with Crippen LogP contribution in [0, 0.1) is 0 Å². The zero-order chi connectivity index (χ0) is 20.4. The summed E-state index contributed by atoms with van der Waals surface area (Å²) in [5, 5.41) is 9.52. The lowest BCUT2D eigenvalue weighted by Gasteiger charge is -2.24. The van der Waals surface area contributed by atoms with E-state index in [1.165, 1.54) is 19.3 Å². The van der Waals surface area contributed by atoms with Crippen LogP contribution in [-0.2, 0) is 14.9 Å². The third-order valence-corrected chi connectivity index (χ3v) is 6.05. The number of carbonyl (C=O) groups is 1. The average molecular weight is 404 g/mol. The molecular weight excluding hydrogens is 370 g/mol. The van der Waals surface area contributed by atoms with Crippen LogP contribution in [0.5, 0.6) is 0 Å². The largest absolute Gasteiger partial charge is 0.371 e. The Hall–Kier alpha value is -1.93. The molecule has 0 unspecified atom stereocenters. The summed E-state index contributed by atoms with van der Waals surface area (Å²) in [5.74, 6) is 0.585. The predicted molar refractivity (Wildman–Crippen MR) is 110 cm³/mol. The zero-order valence-corrected chi connectivity index (χ0v) is 17.6. The van der Waals surface area contributed by atoms with Gasteiger partial charge in [-0.1, -0.05) is 40.0 Å². The number of urea groups is 1. The Labute approximate surface area is 172 Å². The SMILES string of the molecule is CC(C)(C)c1ccnc(N[C@@H]2CO[C@@H]3[C@@H]2OC[C@@H]3NC(=O)NC2CCCCC2)n1. The number of rotatable bonds is 4. The molecule has 2 aliphatic heterocycles. The highest BCUT2D eigenvalue weighted by molar-refractivity contribution is 5.74. The maximum Gasteiger partial charge on any atom is 0.315 e. The van der Waals surface area contributed by atoms with E-state index in [4.69, 9.17) is 9.47 Å². The maximum absolute atomic E-state index is 12.4. The van der Waals surface area contributed by atoms with Gasteiger partial charge in [-0.3, -0.25) is 0 Å². The van der Waals surface area contributed by atoms with Crippen LogP contribution < -0.4 is 16.0 Å². The molecule has 2 amide bonds. The molecule has 1 saturated carbocycles. The van der Waals surface area contributed by atoms with E-state index in [1.807, 2.05) is 6.07 Å². The molecule has 29 heavy (non-hydrogen) atoms. The Morgan fingerprint density at radius 2 is 1.72 bits per heavy atom. The maximum atomic E-state index is 12.4. The molecule has 4 atom stereocenters. The number of carbonyl (C=O) groups excluding carboxylic acids is 1. The quantitative estimate of drug-likeness (QED) is 0.714. The van der Waals surface area contributed by atoms with Gasteiger partial charge in [-0.2, -0.15) is 0 Å². The van der Waals surface area contributed by atoms with Gasteiger partial charge in [0.2, 0.25) is 5.95 Å². The zero-order valence-electron chi connectivity index (χ0n) is 17.6. The normalized spacial score (nSPS) is 30.0. The minimum atomic E-state index is -0.157. The second-order valence-electron chi connectivity index (χ2n) is 9.42. The van der Waals surface area contributed by atoms with Crippen LogP contribution in [0.3, 0.4) is 0 Å². The highest BCUT2D eigenvalue weighted by Gasteiger charge is 2.48. The van der Waals surface area contributed by atoms with Crippen molar-refractivity contribution in [1.29, 1.82) is 0 Å². The number of nitrogens with one attached hydrogen (secondary N) is 3. The fourth-order valence-corrected chi connectivity index (χ4v) is 4.40.